The Bertz CT molecular complexity index is 658. The first-order chi connectivity index (χ1) is 9.92. The van der Waals surface area contributed by atoms with Gasteiger partial charge in [-0.1, -0.05) is 0 Å². The van der Waals surface area contributed by atoms with E-state index < -0.39 is 15.6 Å². The molecule has 0 bridgehead atoms. The third-order valence-electron chi connectivity index (χ3n) is 3.73. The molecule has 0 atom stereocenters. The summed E-state index contributed by atoms with van der Waals surface area (Å²) in [7, 11) is -3.75. The summed E-state index contributed by atoms with van der Waals surface area (Å²) >= 11 is 0. The minimum atomic E-state index is -3.75. The van der Waals surface area contributed by atoms with Crippen LogP contribution in [0.1, 0.15) is 24.0 Å². The molecule has 2 rings (SSSR count). The first kappa shape index (κ1) is 15.9. The van der Waals surface area contributed by atoms with Gasteiger partial charge in [-0.3, -0.25) is 0 Å². The number of hydrogen-bond donors (Lipinski definition) is 2. The quantitative estimate of drug-likeness (QED) is 0.852. The molecule has 1 saturated heterocycles. The normalized spacial score (nSPS) is 18.1. The van der Waals surface area contributed by atoms with Gasteiger partial charge < -0.3 is 9.84 Å². The lowest BCUT2D eigenvalue weighted by Crippen LogP contribution is -2.54. The van der Waals surface area contributed by atoms with Gasteiger partial charge in [0.2, 0.25) is 10.0 Å². The Morgan fingerprint density at radius 1 is 1.43 bits per heavy atom. The van der Waals surface area contributed by atoms with Crippen molar-refractivity contribution in [3.8, 4) is 6.07 Å². The molecule has 7 heteroatoms. The van der Waals surface area contributed by atoms with Gasteiger partial charge in [-0.2, -0.15) is 5.26 Å². The van der Waals surface area contributed by atoms with Crippen LogP contribution in [0, 0.1) is 18.3 Å². The predicted octanol–water partition coefficient (Wildman–Crippen LogP) is 0.686. The summed E-state index contributed by atoms with van der Waals surface area (Å²) in [5.41, 5.74) is 0.168. The first-order valence-electron chi connectivity index (χ1n) is 6.66. The van der Waals surface area contributed by atoms with E-state index in [9.17, 15) is 13.5 Å². The maximum atomic E-state index is 12.5. The van der Waals surface area contributed by atoms with Gasteiger partial charge >= 0.3 is 0 Å². The van der Waals surface area contributed by atoms with E-state index in [-0.39, 0.29) is 11.5 Å². The van der Waals surface area contributed by atoms with E-state index in [0.717, 1.165) is 0 Å². The van der Waals surface area contributed by atoms with Crippen molar-refractivity contribution >= 4 is 10.0 Å². The molecule has 0 unspecified atom stereocenters. The summed E-state index contributed by atoms with van der Waals surface area (Å²) in [6.07, 6.45) is 0.857. The van der Waals surface area contributed by atoms with Crippen molar-refractivity contribution in [3.63, 3.8) is 0 Å². The SMILES string of the molecule is Cc1cc(S(=O)(=O)NC2(CO)CCOCC2)ccc1C#N. The fourth-order valence-electron chi connectivity index (χ4n) is 2.33. The molecule has 1 fully saturated rings. The Kier molecular flexibility index (Phi) is 4.64. The zero-order valence-corrected chi connectivity index (χ0v) is 12.6. The van der Waals surface area contributed by atoms with Gasteiger partial charge in [0.1, 0.15) is 0 Å². The monoisotopic (exact) mass is 310 g/mol. The van der Waals surface area contributed by atoms with Crippen LogP contribution in [0.3, 0.4) is 0 Å². The third kappa shape index (κ3) is 3.41. The van der Waals surface area contributed by atoms with Crippen LogP contribution in [0.2, 0.25) is 0 Å². The number of rotatable bonds is 4. The Labute approximate surface area is 124 Å². The summed E-state index contributed by atoms with van der Waals surface area (Å²) < 4.78 is 32.8. The Morgan fingerprint density at radius 2 is 2.10 bits per heavy atom. The van der Waals surface area contributed by atoms with E-state index in [4.69, 9.17) is 10.00 Å². The van der Waals surface area contributed by atoms with Crippen LogP contribution in [0.15, 0.2) is 23.1 Å². The molecule has 1 heterocycles. The summed E-state index contributed by atoms with van der Waals surface area (Å²) in [6, 6.07) is 6.35. The van der Waals surface area contributed by atoms with Crippen LogP contribution in [0.5, 0.6) is 0 Å². The minimum Gasteiger partial charge on any atom is -0.394 e. The highest BCUT2D eigenvalue weighted by atomic mass is 32.2. The number of sulfonamides is 1. The molecule has 0 saturated carbocycles. The van der Waals surface area contributed by atoms with Crippen LogP contribution in [-0.4, -0.2) is 38.9 Å². The van der Waals surface area contributed by atoms with Gasteiger partial charge in [0.15, 0.2) is 0 Å². The average molecular weight is 310 g/mol. The molecule has 0 radical (unpaired) electrons. The number of benzene rings is 1. The topological polar surface area (TPSA) is 99.4 Å². The summed E-state index contributed by atoms with van der Waals surface area (Å²) in [4.78, 5) is 0.0957. The molecule has 6 nitrogen and oxygen atoms in total. The number of nitrogens with zero attached hydrogens (tertiary/aromatic N) is 1. The lowest BCUT2D eigenvalue weighted by molar-refractivity contribution is 0.0223. The van der Waals surface area contributed by atoms with E-state index in [1.165, 1.54) is 18.2 Å². The van der Waals surface area contributed by atoms with Crippen molar-refractivity contribution in [1.29, 1.82) is 5.26 Å². The molecule has 1 aromatic carbocycles. The van der Waals surface area contributed by atoms with Crippen LogP contribution in [0.25, 0.3) is 0 Å². The van der Waals surface area contributed by atoms with Crippen LogP contribution < -0.4 is 4.72 Å². The van der Waals surface area contributed by atoms with Gasteiger partial charge in [0, 0.05) is 13.2 Å². The van der Waals surface area contributed by atoms with Crippen molar-refractivity contribution < 1.29 is 18.3 Å². The highest BCUT2D eigenvalue weighted by Crippen LogP contribution is 2.24. The molecule has 1 aromatic rings. The molecule has 0 spiro atoms. The Balaban J connectivity index is 2.29. The molecule has 114 valence electrons. The maximum Gasteiger partial charge on any atom is 0.241 e. The van der Waals surface area contributed by atoms with Crippen molar-refractivity contribution in [3.05, 3.63) is 29.3 Å². The fourth-order valence-corrected chi connectivity index (χ4v) is 3.86. The fraction of sp³-hybridized carbons (Fsp3) is 0.500. The number of ether oxygens (including phenoxy) is 1. The molecular weight excluding hydrogens is 292 g/mol. The van der Waals surface area contributed by atoms with Crippen molar-refractivity contribution in [1.82, 2.24) is 4.72 Å². The van der Waals surface area contributed by atoms with E-state index in [0.29, 0.717) is 37.2 Å². The summed E-state index contributed by atoms with van der Waals surface area (Å²) in [5.74, 6) is 0. The van der Waals surface area contributed by atoms with Gasteiger partial charge in [-0.25, -0.2) is 13.1 Å². The Morgan fingerprint density at radius 3 is 2.62 bits per heavy atom. The average Bonchev–Trinajstić information content (AvgIpc) is 2.47. The first-order valence-corrected chi connectivity index (χ1v) is 8.14. The molecule has 1 aliphatic rings. The van der Waals surface area contributed by atoms with E-state index in [1.807, 2.05) is 6.07 Å². The third-order valence-corrected chi connectivity index (χ3v) is 5.31. The zero-order chi connectivity index (χ0) is 15.5. The lowest BCUT2D eigenvalue weighted by atomic mass is 9.93. The minimum absolute atomic E-state index is 0.0957. The van der Waals surface area contributed by atoms with Crippen LogP contribution >= 0.6 is 0 Å². The number of nitrogens with one attached hydrogen (secondary N) is 1. The van der Waals surface area contributed by atoms with Crippen molar-refractivity contribution in [2.75, 3.05) is 19.8 Å². The smallest absolute Gasteiger partial charge is 0.241 e. The number of aryl methyl sites for hydroxylation is 1. The van der Waals surface area contributed by atoms with Crippen LogP contribution in [-0.2, 0) is 14.8 Å². The molecule has 0 aromatic heterocycles. The van der Waals surface area contributed by atoms with Gasteiger partial charge in [-0.15, -0.1) is 0 Å². The van der Waals surface area contributed by atoms with Gasteiger partial charge in [0.05, 0.1) is 28.7 Å². The second-order valence-corrected chi connectivity index (χ2v) is 6.93. The van der Waals surface area contributed by atoms with E-state index >= 15 is 0 Å². The standard InChI is InChI=1S/C14H18N2O4S/c1-11-8-13(3-2-12(11)9-15)21(18,19)16-14(10-17)4-6-20-7-5-14/h2-3,8,16-17H,4-7,10H2,1H3. The maximum absolute atomic E-state index is 12.5. The number of aliphatic hydroxyl groups is 1. The van der Waals surface area contributed by atoms with E-state index in [2.05, 4.69) is 4.72 Å². The zero-order valence-electron chi connectivity index (χ0n) is 11.8. The van der Waals surface area contributed by atoms with Crippen molar-refractivity contribution in [2.24, 2.45) is 0 Å². The molecule has 21 heavy (non-hydrogen) atoms. The Hall–Kier alpha value is -1.46. The molecular formula is C14H18N2O4S. The molecule has 0 amide bonds. The van der Waals surface area contributed by atoms with Gasteiger partial charge in [-0.05, 0) is 43.5 Å². The highest BCUT2D eigenvalue weighted by molar-refractivity contribution is 7.89. The number of nitriles is 1. The van der Waals surface area contributed by atoms with Crippen molar-refractivity contribution in [2.45, 2.75) is 30.2 Å². The number of hydrogen-bond acceptors (Lipinski definition) is 5. The van der Waals surface area contributed by atoms with Gasteiger partial charge in [0.25, 0.3) is 0 Å². The largest absolute Gasteiger partial charge is 0.394 e. The van der Waals surface area contributed by atoms with E-state index in [1.54, 1.807) is 6.92 Å². The number of aliphatic hydroxyl groups excluding tert-OH is 1. The van der Waals surface area contributed by atoms with Crippen LogP contribution in [0.4, 0.5) is 0 Å². The summed E-state index contributed by atoms with van der Waals surface area (Å²) in [6.45, 7) is 2.24. The second kappa shape index (κ2) is 6.12. The predicted molar refractivity (Wildman–Crippen MR) is 76.1 cm³/mol. The molecule has 2 N–H and O–H groups in total. The summed E-state index contributed by atoms with van der Waals surface area (Å²) in [5, 5.41) is 18.5. The highest BCUT2D eigenvalue weighted by Gasteiger charge is 2.36. The lowest BCUT2D eigenvalue weighted by Gasteiger charge is -2.35. The second-order valence-electron chi connectivity index (χ2n) is 5.24. The molecule has 0 aliphatic carbocycles. The molecule has 1 aliphatic heterocycles.